The Morgan fingerprint density at radius 3 is 1.79 bits per heavy atom. The van der Waals surface area contributed by atoms with Gasteiger partial charge in [0.05, 0.1) is 20.3 Å². The van der Waals surface area contributed by atoms with E-state index in [2.05, 4.69) is 0 Å². The third-order valence-corrected chi connectivity index (χ3v) is 5.98. The number of carbonyl (C=O) groups is 3. The Kier molecular flexibility index (Phi) is 9.17. The SMILES string of the molecule is COc1cc(/C=C/C(=O)O[C@H]2[C@@H](OC(=O)/C=C/c3ccc(O)c(OC)c3)C[C@](O)(C(=O)O)C[C@@H]2O)ccc1O. The van der Waals surface area contributed by atoms with Gasteiger partial charge < -0.3 is 44.5 Å². The van der Waals surface area contributed by atoms with Gasteiger partial charge in [0.2, 0.25) is 0 Å². The summed E-state index contributed by atoms with van der Waals surface area (Å²) >= 11 is 0. The summed E-state index contributed by atoms with van der Waals surface area (Å²) in [6.07, 6.45) is -1.27. The lowest BCUT2D eigenvalue weighted by atomic mass is 9.79. The highest BCUT2D eigenvalue weighted by atomic mass is 16.6. The summed E-state index contributed by atoms with van der Waals surface area (Å²) in [6, 6.07) is 8.63. The molecule has 1 saturated carbocycles. The quantitative estimate of drug-likeness (QED) is 0.227. The molecule has 208 valence electrons. The standard InChI is InChI=1S/C27H28O12/c1-36-20-11-15(3-7-17(20)28)5-9-23(31)38-22-14-27(35,26(33)34)13-19(30)25(22)39-24(32)10-6-16-4-8-18(29)21(12-16)37-2/h3-12,19,22,25,28-30,35H,13-14H2,1-2H3,(H,33,34)/b9-5+,10-6+/t19-,22-,25+,27-/m0/s1. The van der Waals surface area contributed by atoms with Gasteiger partial charge in [0.15, 0.2) is 34.7 Å². The molecule has 0 unspecified atom stereocenters. The largest absolute Gasteiger partial charge is 0.504 e. The molecule has 2 aromatic carbocycles. The van der Waals surface area contributed by atoms with Gasteiger partial charge in [-0.3, -0.25) is 0 Å². The first-order valence-electron chi connectivity index (χ1n) is 11.6. The Morgan fingerprint density at radius 1 is 0.846 bits per heavy atom. The van der Waals surface area contributed by atoms with E-state index in [4.69, 9.17) is 18.9 Å². The number of aliphatic carboxylic acids is 1. The number of aliphatic hydroxyl groups excluding tert-OH is 1. The third-order valence-electron chi connectivity index (χ3n) is 5.98. The lowest BCUT2D eigenvalue weighted by molar-refractivity contribution is -0.204. The van der Waals surface area contributed by atoms with E-state index in [1.54, 1.807) is 0 Å². The second-order valence-corrected chi connectivity index (χ2v) is 8.72. The van der Waals surface area contributed by atoms with Crippen molar-refractivity contribution in [3.8, 4) is 23.0 Å². The minimum Gasteiger partial charge on any atom is -0.504 e. The molecule has 0 amide bonds. The van der Waals surface area contributed by atoms with Gasteiger partial charge in [-0.05, 0) is 47.5 Å². The van der Waals surface area contributed by atoms with Gasteiger partial charge in [-0.1, -0.05) is 12.1 Å². The summed E-state index contributed by atoms with van der Waals surface area (Å²) in [5.41, 5.74) is -1.49. The molecule has 39 heavy (non-hydrogen) atoms. The molecule has 5 N–H and O–H groups in total. The number of hydrogen-bond acceptors (Lipinski definition) is 11. The van der Waals surface area contributed by atoms with Crippen LogP contribution in [0, 0.1) is 0 Å². The van der Waals surface area contributed by atoms with E-state index in [0.717, 1.165) is 12.2 Å². The van der Waals surface area contributed by atoms with Gasteiger partial charge >= 0.3 is 17.9 Å². The van der Waals surface area contributed by atoms with Crippen molar-refractivity contribution in [3.05, 3.63) is 59.7 Å². The van der Waals surface area contributed by atoms with E-state index in [1.165, 1.54) is 62.8 Å². The van der Waals surface area contributed by atoms with E-state index < -0.39 is 54.7 Å². The Bertz CT molecular complexity index is 1280. The zero-order chi connectivity index (χ0) is 28.7. The Hall–Kier alpha value is -4.55. The van der Waals surface area contributed by atoms with Gasteiger partial charge in [-0.2, -0.15) is 0 Å². The third kappa shape index (κ3) is 7.27. The molecular weight excluding hydrogens is 516 g/mol. The van der Waals surface area contributed by atoms with Gasteiger partial charge in [0, 0.05) is 25.0 Å². The molecule has 0 heterocycles. The van der Waals surface area contributed by atoms with Crippen LogP contribution in [0.1, 0.15) is 24.0 Å². The predicted octanol–water partition coefficient (Wildman–Crippen LogP) is 1.64. The molecule has 0 aromatic heterocycles. The average molecular weight is 545 g/mol. The van der Waals surface area contributed by atoms with Crippen LogP contribution < -0.4 is 9.47 Å². The number of phenolic OH excluding ortho intramolecular Hbond substituents is 2. The van der Waals surface area contributed by atoms with Gasteiger partial charge in [0.25, 0.3) is 0 Å². The summed E-state index contributed by atoms with van der Waals surface area (Å²) in [5.74, 6) is -3.42. The number of phenols is 2. The maximum absolute atomic E-state index is 12.5. The van der Waals surface area contributed by atoms with Crippen LogP contribution in [0.25, 0.3) is 12.2 Å². The number of hydrogen-bond donors (Lipinski definition) is 5. The first kappa shape index (κ1) is 29.0. The monoisotopic (exact) mass is 544 g/mol. The van der Waals surface area contributed by atoms with Crippen LogP contribution in [-0.4, -0.2) is 81.6 Å². The van der Waals surface area contributed by atoms with Crippen molar-refractivity contribution in [2.75, 3.05) is 14.2 Å². The zero-order valence-electron chi connectivity index (χ0n) is 21.0. The minimum atomic E-state index is -2.43. The topological polar surface area (TPSA) is 189 Å². The highest BCUT2D eigenvalue weighted by Crippen LogP contribution is 2.34. The lowest BCUT2D eigenvalue weighted by Gasteiger charge is -2.40. The molecule has 0 radical (unpaired) electrons. The fourth-order valence-corrected chi connectivity index (χ4v) is 3.97. The number of rotatable bonds is 9. The molecule has 0 saturated heterocycles. The average Bonchev–Trinajstić information content (AvgIpc) is 2.89. The van der Waals surface area contributed by atoms with Crippen LogP contribution in [0.15, 0.2) is 48.6 Å². The Labute approximate surface area is 222 Å². The molecule has 1 fully saturated rings. The first-order chi connectivity index (χ1) is 18.4. The molecular formula is C27H28O12. The van der Waals surface area contributed by atoms with Gasteiger partial charge in [0.1, 0.15) is 6.10 Å². The Balaban J connectivity index is 1.76. The van der Waals surface area contributed by atoms with Crippen molar-refractivity contribution in [2.45, 2.75) is 36.8 Å². The van der Waals surface area contributed by atoms with Crippen molar-refractivity contribution in [1.29, 1.82) is 0 Å². The van der Waals surface area contributed by atoms with E-state index in [1.807, 2.05) is 0 Å². The summed E-state index contributed by atoms with van der Waals surface area (Å²) in [6.45, 7) is 0. The van der Waals surface area contributed by atoms with Crippen LogP contribution in [0.3, 0.4) is 0 Å². The molecule has 3 rings (SSSR count). The minimum absolute atomic E-state index is 0.100. The van der Waals surface area contributed by atoms with E-state index in [0.29, 0.717) is 11.1 Å². The molecule has 12 nitrogen and oxygen atoms in total. The zero-order valence-corrected chi connectivity index (χ0v) is 21.0. The van der Waals surface area contributed by atoms with Crippen molar-refractivity contribution >= 4 is 30.1 Å². The maximum atomic E-state index is 12.5. The number of benzene rings is 2. The first-order valence-corrected chi connectivity index (χ1v) is 11.6. The van der Waals surface area contributed by atoms with Crippen LogP contribution in [0.4, 0.5) is 0 Å². The van der Waals surface area contributed by atoms with Crippen LogP contribution in [-0.2, 0) is 23.9 Å². The second-order valence-electron chi connectivity index (χ2n) is 8.72. The van der Waals surface area contributed by atoms with Crippen LogP contribution >= 0.6 is 0 Å². The van der Waals surface area contributed by atoms with Crippen molar-refractivity contribution in [2.24, 2.45) is 0 Å². The van der Waals surface area contributed by atoms with E-state index in [9.17, 15) is 39.9 Å². The van der Waals surface area contributed by atoms with Crippen molar-refractivity contribution < 1.29 is 58.9 Å². The van der Waals surface area contributed by atoms with Crippen molar-refractivity contribution in [3.63, 3.8) is 0 Å². The number of carboxylic acid groups (broad SMARTS) is 1. The number of ether oxygens (including phenoxy) is 4. The number of carbonyl (C=O) groups excluding carboxylic acids is 2. The van der Waals surface area contributed by atoms with Crippen LogP contribution in [0.5, 0.6) is 23.0 Å². The lowest BCUT2D eigenvalue weighted by Crippen LogP contribution is -2.58. The fourth-order valence-electron chi connectivity index (χ4n) is 3.97. The number of methoxy groups -OCH3 is 2. The second kappa shape index (κ2) is 12.3. The fraction of sp³-hybridized carbons (Fsp3) is 0.296. The predicted molar refractivity (Wildman–Crippen MR) is 135 cm³/mol. The normalized spacial score (nSPS) is 22.9. The molecule has 1 aliphatic rings. The number of esters is 2. The van der Waals surface area contributed by atoms with E-state index >= 15 is 0 Å². The molecule has 0 spiro atoms. The summed E-state index contributed by atoms with van der Waals surface area (Å²) in [4.78, 5) is 36.7. The maximum Gasteiger partial charge on any atom is 0.335 e. The number of aliphatic hydroxyl groups is 2. The highest BCUT2D eigenvalue weighted by Gasteiger charge is 2.52. The number of aromatic hydroxyl groups is 2. The number of carboxylic acids is 1. The summed E-state index contributed by atoms with van der Waals surface area (Å²) in [5, 5.41) is 49.8. The molecule has 0 aliphatic heterocycles. The van der Waals surface area contributed by atoms with E-state index in [-0.39, 0.29) is 23.0 Å². The summed E-state index contributed by atoms with van der Waals surface area (Å²) in [7, 11) is 2.71. The molecule has 12 heteroatoms. The smallest absolute Gasteiger partial charge is 0.335 e. The van der Waals surface area contributed by atoms with Crippen LogP contribution in [0.2, 0.25) is 0 Å². The molecule has 1 aliphatic carbocycles. The van der Waals surface area contributed by atoms with Gasteiger partial charge in [-0.25, -0.2) is 14.4 Å². The molecule has 4 atom stereocenters. The molecule has 2 aromatic rings. The Morgan fingerprint density at radius 2 is 1.33 bits per heavy atom. The molecule has 0 bridgehead atoms. The summed E-state index contributed by atoms with van der Waals surface area (Å²) < 4.78 is 20.6. The highest BCUT2D eigenvalue weighted by molar-refractivity contribution is 5.88. The van der Waals surface area contributed by atoms with Gasteiger partial charge in [-0.15, -0.1) is 0 Å². The van der Waals surface area contributed by atoms with Crippen molar-refractivity contribution in [1.82, 2.24) is 0 Å².